The Morgan fingerprint density at radius 3 is 1.50 bits per heavy atom. The van der Waals surface area contributed by atoms with Gasteiger partial charge in [0.1, 0.15) is 0 Å². The fraction of sp³-hybridized carbons (Fsp3) is 1.00. The van der Waals surface area contributed by atoms with Crippen LogP contribution in [0.2, 0.25) is 0 Å². The first kappa shape index (κ1) is 8.52. The highest BCUT2D eigenvalue weighted by Crippen LogP contribution is 2.20. The van der Waals surface area contributed by atoms with E-state index in [1.807, 2.05) is 0 Å². The normalized spacial score (nSPS) is 32.0. The van der Waals surface area contributed by atoms with Crippen LogP contribution in [0.5, 0.6) is 0 Å². The van der Waals surface area contributed by atoms with Gasteiger partial charge in [-0.05, 0) is 12.8 Å². The molecule has 0 bridgehead atoms. The zero-order valence-electron chi connectivity index (χ0n) is 7.63. The summed E-state index contributed by atoms with van der Waals surface area (Å²) in [5.41, 5.74) is 0. The number of rotatable bonds is 7. The molecule has 2 aliphatic rings. The SMILES string of the molecule is C(CCC[C@H]1CO1)CC[C@H]1CO1. The highest BCUT2D eigenvalue weighted by molar-refractivity contribution is 4.70. The summed E-state index contributed by atoms with van der Waals surface area (Å²) in [6.45, 7) is 2.05. The molecular formula is C10H18O2. The molecule has 70 valence electrons. The van der Waals surface area contributed by atoms with Crippen LogP contribution in [0.25, 0.3) is 0 Å². The second-order valence-electron chi connectivity index (χ2n) is 3.90. The highest BCUT2D eigenvalue weighted by Gasteiger charge is 2.22. The molecular weight excluding hydrogens is 152 g/mol. The van der Waals surface area contributed by atoms with Crippen molar-refractivity contribution in [3.63, 3.8) is 0 Å². The van der Waals surface area contributed by atoms with Gasteiger partial charge in [-0.2, -0.15) is 0 Å². The minimum absolute atomic E-state index is 0.636. The number of epoxide rings is 2. The van der Waals surface area contributed by atoms with Gasteiger partial charge in [-0.3, -0.25) is 0 Å². The van der Waals surface area contributed by atoms with Crippen LogP contribution in [-0.4, -0.2) is 25.4 Å². The topological polar surface area (TPSA) is 25.1 Å². The lowest BCUT2D eigenvalue weighted by Crippen LogP contribution is -1.88. The quantitative estimate of drug-likeness (QED) is 0.432. The maximum absolute atomic E-state index is 5.14. The third-order valence-corrected chi connectivity index (χ3v) is 2.61. The zero-order valence-corrected chi connectivity index (χ0v) is 7.63. The van der Waals surface area contributed by atoms with Crippen molar-refractivity contribution in [1.82, 2.24) is 0 Å². The molecule has 0 aromatic heterocycles. The number of ether oxygens (including phenoxy) is 2. The highest BCUT2D eigenvalue weighted by atomic mass is 16.6. The number of hydrogen-bond acceptors (Lipinski definition) is 2. The molecule has 2 fully saturated rings. The van der Waals surface area contributed by atoms with Gasteiger partial charge in [0.2, 0.25) is 0 Å². The molecule has 0 unspecified atom stereocenters. The van der Waals surface area contributed by atoms with Gasteiger partial charge in [-0.1, -0.05) is 25.7 Å². The van der Waals surface area contributed by atoms with E-state index in [2.05, 4.69) is 0 Å². The monoisotopic (exact) mass is 170 g/mol. The van der Waals surface area contributed by atoms with E-state index in [1.165, 1.54) is 38.5 Å². The van der Waals surface area contributed by atoms with E-state index < -0.39 is 0 Å². The van der Waals surface area contributed by atoms with E-state index in [9.17, 15) is 0 Å². The first-order valence-electron chi connectivity index (χ1n) is 5.18. The van der Waals surface area contributed by atoms with Crippen molar-refractivity contribution >= 4 is 0 Å². The summed E-state index contributed by atoms with van der Waals surface area (Å²) >= 11 is 0. The van der Waals surface area contributed by atoms with Crippen molar-refractivity contribution in [2.45, 2.75) is 50.7 Å². The Morgan fingerprint density at radius 1 is 0.750 bits per heavy atom. The summed E-state index contributed by atoms with van der Waals surface area (Å²) < 4.78 is 10.3. The largest absolute Gasteiger partial charge is 0.373 e. The number of unbranched alkanes of at least 4 members (excludes halogenated alkanes) is 3. The molecule has 2 saturated heterocycles. The Kier molecular flexibility index (Phi) is 3.01. The molecule has 0 N–H and O–H groups in total. The van der Waals surface area contributed by atoms with Gasteiger partial charge in [0.25, 0.3) is 0 Å². The van der Waals surface area contributed by atoms with Crippen molar-refractivity contribution < 1.29 is 9.47 Å². The Bertz CT molecular complexity index is 112. The minimum Gasteiger partial charge on any atom is -0.373 e. The van der Waals surface area contributed by atoms with E-state index in [0.29, 0.717) is 12.2 Å². The van der Waals surface area contributed by atoms with Crippen molar-refractivity contribution in [2.75, 3.05) is 13.2 Å². The lowest BCUT2D eigenvalue weighted by Gasteiger charge is -1.97. The molecule has 2 rings (SSSR count). The van der Waals surface area contributed by atoms with Crippen LogP contribution in [0.15, 0.2) is 0 Å². The standard InChI is InChI=1S/C10H18O2/c1(3-5-9-7-11-9)2-4-6-10-8-12-10/h9-10H,1-8H2/t9-,10-/m0/s1. The summed E-state index contributed by atoms with van der Waals surface area (Å²) in [5.74, 6) is 0. The molecule has 2 atom stereocenters. The molecule has 2 aliphatic heterocycles. The minimum atomic E-state index is 0.636. The van der Waals surface area contributed by atoms with Crippen LogP contribution in [0.3, 0.4) is 0 Å². The van der Waals surface area contributed by atoms with Gasteiger partial charge in [0.05, 0.1) is 25.4 Å². The van der Waals surface area contributed by atoms with Crippen molar-refractivity contribution in [3.8, 4) is 0 Å². The Hall–Kier alpha value is -0.0800. The van der Waals surface area contributed by atoms with Crippen LogP contribution in [0.1, 0.15) is 38.5 Å². The average molecular weight is 170 g/mol. The summed E-state index contributed by atoms with van der Waals surface area (Å²) in [5, 5.41) is 0. The predicted molar refractivity (Wildman–Crippen MR) is 47.2 cm³/mol. The second kappa shape index (κ2) is 4.24. The Morgan fingerprint density at radius 2 is 1.17 bits per heavy atom. The van der Waals surface area contributed by atoms with E-state index in [1.54, 1.807) is 0 Å². The Balaban J connectivity index is 1.31. The van der Waals surface area contributed by atoms with Gasteiger partial charge in [0.15, 0.2) is 0 Å². The Labute approximate surface area is 74.2 Å². The molecule has 0 aromatic carbocycles. The molecule has 0 spiro atoms. The van der Waals surface area contributed by atoms with Crippen LogP contribution in [-0.2, 0) is 9.47 Å². The van der Waals surface area contributed by atoms with E-state index >= 15 is 0 Å². The molecule has 0 saturated carbocycles. The molecule has 0 amide bonds. The van der Waals surface area contributed by atoms with Gasteiger partial charge >= 0.3 is 0 Å². The molecule has 0 aromatic rings. The first-order valence-corrected chi connectivity index (χ1v) is 5.18. The van der Waals surface area contributed by atoms with Crippen molar-refractivity contribution in [3.05, 3.63) is 0 Å². The molecule has 2 heteroatoms. The predicted octanol–water partition coefficient (Wildman–Crippen LogP) is 2.12. The lowest BCUT2D eigenvalue weighted by molar-refractivity contribution is 0.378. The summed E-state index contributed by atoms with van der Waals surface area (Å²) in [4.78, 5) is 0. The lowest BCUT2D eigenvalue weighted by atomic mass is 10.1. The molecule has 0 aliphatic carbocycles. The van der Waals surface area contributed by atoms with E-state index in [4.69, 9.17) is 9.47 Å². The van der Waals surface area contributed by atoms with Gasteiger partial charge in [-0.25, -0.2) is 0 Å². The zero-order chi connectivity index (χ0) is 8.23. The fourth-order valence-electron chi connectivity index (χ4n) is 1.57. The summed E-state index contributed by atoms with van der Waals surface area (Å²) in [7, 11) is 0. The van der Waals surface area contributed by atoms with Crippen LogP contribution in [0, 0.1) is 0 Å². The third-order valence-electron chi connectivity index (χ3n) is 2.61. The van der Waals surface area contributed by atoms with Crippen LogP contribution in [0.4, 0.5) is 0 Å². The maximum Gasteiger partial charge on any atom is 0.0810 e. The van der Waals surface area contributed by atoms with Crippen molar-refractivity contribution in [2.24, 2.45) is 0 Å². The van der Waals surface area contributed by atoms with Gasteiger partial charge < -0.3 is 9.47 Å². The number of hydrogen-bond donors (Lipinski definition) is 0. The molecule has 2 nitrogen and oxygen atoms in total. The van der Waals surface area contributed by atoms with Crippen molar-refractivity contribution in [1.29, 1.82) is 0 Å². The average Bonchev–Trinajstić information content (AvgIpc) is 2.89. The van der Waals surface area contributed by atoms with Crippen LogP contribution < -0.4 is 0 Å². The van der Waals surface area contributed by atoms with Crippen LogP contribution >= 0.6 is 0 Å². The molecule has 12 heavy (non-hydrogen) atoms. The molecule has 2 heterocycles. The van der Waals surface area contributed by atoms with E-state index in [-0.39, 0.29) is 0 Å². The van der Waals surface area contributed by atoms with E-state index in [0.717, 1.165) is 13.2 Å². The summed E-state index contributed by atoms with van der Waals surface area (Å²) in [6, 6.07) is 0. The van der Waals surface area contributed by atoms with Gasteiger partial charge in [0, 0.05) is 0 Å². The smallest absolute Gasteiger partial charge is 0.0810 e. The second-order valence-corrected chi connectivity index (χ2v) is 3.90. The van der Waals surface area contributed by atoms with Gasteiger partial charge in [-0.15, -0.1) is 0 Å². The fourth-order valence-corrected chi connectivity index (χ4v) is 1.57. The first-order chi connectivity index (χ1) is 5.95. The summed E-state index contributed by atoms with van der Waals surface area (Å²) in [6.07, 6.45) is 9.33. The maximum atomic E-state index is 5.14. The third kappa shape index (κ3) is 3.55. The molecule has 0 radical (unpaired) electrons.